The summed E-state index contributed by atoms with van der Waals surface area (Å²) in [5, 5.41) is 6.71. The van der Waals surface area contributed by atoms with Gasteiger partial charge in [-0.1, -0.05) is 12.1 Å². The fourth-order valence-corrected chi connectivity index (χ4v) is 1.88. The number of nitrogens with one attached hydrogen (secondary N) is 2. The Morgan fingerprint density at radius 2 is 2.40 bits per heavy atom. The molecule has 1 heterocycles. The van der Waals surface area contributed by atoms with Crippen LogP contribution < -0.4 is 10.6 Å². The molecule has 0 bridgehead atoms. The first-order chi connectivity index (χ1) is 7.40. The Labute approximate surface area is 90.8 Å². The van der Waals surface area contributed by atoms with Crippen molar-refractivity contribution in [3.05, 3.63) is 29.3 Å². The van der Waals surface area contributed by atoms with Crippen molar-refractivity contribution in [1.82, 2.24) is 5.32 Å². The summed E-state index contributed by atoms with van der Waals surface area (Å²) in [6.07, 6.45) is 1.15. The summed E-state index contributed by atoms with van der Waals surface area (Å²) in [4.78, 5) is 0. The maximum atomic E-state index is 4.98. The molecule has 3 nitrogen and oxygen atoms in total. The minimum Gasteiger partial charge on any atom is -0.384 e. The standard InChI is InChI=1S/C12H18N2O/c1-15-7-6-13-9-10-2-3-12-11(8-10)4-5-14-12/h2-3,8,13-14H,4-7,9H2,1H3. The van der Waals surface area contributed by atoms with Crippen LogP contribution in [-0.2, 0) is 17.7 Å². The van der Waals surface area contributed by atoms with Gasteiger partial charge in [0.2, 0.25) is 0 Å². The van der Waals surface area contributed by atoms with E-state index in [2.05, 4.69) is 28.8 Å². The van der Waals surface area contributed by atoms with Gasteiger partial charge >= 0.3 is 0 Å². The lowest BCUT2D eigenvalue weighted by Crippen LogP contribution is -2.18. The average molecular weight is 206 g/mol. The van der Waals surface area contributed by atoms with Gasteiger partial charge in [-0.05, 0) is 23.6 Å². The van der Waals surface area contributed by atoms with Crippen LogP contribution in [0.4, 0.5) is 5.69 Å². The van der Waals surface area contributed by atoms with Crippen molar-refractivity contribution in [2.24, 2.45) is 0 Å². The van der Waals surface area contributed by atoms with Crippen molar-refractivity contribution in [3.63, 3.8) is 0 Å². The summed E-state index contributed by atoms with van der Waals surface area (Å²) >= 11 is 0. The predicted octanol–water partition coefficient (Wildman–Crippen LogP) is 1.39. The summed E-state index contributed by atoms with van der Waals surface area (Å²) < 4.78 is 4.98. The Balaban J connectivity index is 1.87. The third kappa shape index (κ3) is 2.70. The van der Waals surface area contributed by atoms with E-state index in [1.54, 1.807) is 7.11 Å². The predicted molar refractivity (Wildman–Crippen MR) is 62.2 cm³/mol. The summed E-state index contributed by atoms with van der Waals surface area (Å²) in [6.45, 7) is 3.69. The van der Waals surface area contributed by atoms with Gasteiger partial charge in [0.05, 0.1) is 6.61 Å². The topological polar surface area (TPSA) is 33.3 Å². The molecule has 1 aliphatic rings. The Morgan fingerprint density at radius 3 is 3.27 bits per heavy atom. The number of rotatable bonds is 5. The van der Waals surface area contributed by atoms with Gasteiger partial charge in [-0.15, -0.1) is 0 Å². The van der Waals surface area contributed by atoms with Gasteiger partial charge in [0.15, 0.2) is 0 Å². The van der Waals surface area contributed by atoms with Gasteiger partial charge in [0.25, 0.3) is 0 Å². The van der Waals surface area contributed by atoms with Crippen LogP contribution >= 0.6 is 0 Å². The summed E-state index contributed by atoms with van der Waals surface area (Å²) in [5.74, 6) is 0. The van der Waals surface area contributed by atoms with Crippen molar-refractivity contribution < 1.29 is 4.74 Å². The number of ether oxygens (including phenoxy) is 1. The van der Waals surface area contributed by atoms with Gasteiger partial charge in [0.1, 0.15) is 0 Å². The molecule has 1 aliphatic heterocycles. The second kappa shape index (κ2) is 5.14. The smallest absolute Gasteiger partial charge is 0.0587 e. The molecule has 1 aromatic carbocycles. The maximum Gasteiger partial charge on any atom is 0.0587 e. The van der Waals surface area contributed by atoms with Crippen molar-refractivity contribution in [2.75, 3.05) is 32.1 Å². The first kappa shape index (κ1) is 10.5. The number of anilines is 1. The van der Waals surface area contributed by atoms with E-state index in [9.17, 15) is 0 Å². The largest absolute Gasteiger partial charge is 0.384 e. The van der Waals surface area contributed by atoms with E-state index in [1.165, 1.54) is 16.8 Å². The molecular weight excluding hydrogens is 188 g/mol. The number of hydrogen-bond donors (Lipinski definition) is 2. The van der Waals surface area contributed by atoms with Crippen LogP contribution in [0.15, 0.2) is 18.2 Å². The zero-order valence-electron chi connectivity index (χ0n) is 9.18. The minimum atomic E-state index is 0.770. The minimum absolute atomic E-state index is 0.770. The number of methoxy groups -OCH3 is 1. The van der Waals surface area contributed by atoms with Gasteiger partial charge < -0.3 is 15.4 Å². The van der Waals surface area contributed by atoms with E-state index in [0.717, 1.165) is 32.7 Å². The molecule has 0 aliphatic carbocycles. The average Bonchev–Trinajstić information content (AvgIpc) is 2.71. The van der Waals surface area contributed by atoms with E-state index >= 15 is 0 Å². The van der Waals surface area contributed by atoms with Crippen molar-refractivity contribution in [3.8, 4) is 0 Å². The van der Waals surface area contributed by atoms with E-state index in [-0.39, 0.29) is 0 Å². The molecule has 0 amide bonds. The monoisotopic (exact) mass is 206 g/mol. The molecule has 15 heavy (non-hydrogen) atoms. The highest BCUT2D eigenvalue weighted by Gasteiger charge is 2.09. The highest BCUT2D eigenvalue weighted by atomic mass is 16.5. The molecule has 2 N–H and O–H groups in total. The summed E-state index contributed by atoms with van der Waals surface area (Å²) in [7, 11) is 1.72. The molecule has 0 spiro atoms. The zero-order valence-corrected chi connectivity index (χ0v) is 9.18. The summed E-state index contributed by atoms with van der Waals surface area (Å²) in [5.41, 5.74) is 4.10. The molecule has 0 atom stereocenters. The Hall–Kier alpha value is -1.06. The molecule has 0 saturated carbocycles. The molecule has 0 radical (unpaired) electrons. The second-order valence-corrected chi connectivity index (χ2v) is 3.84. The third-order valence-electron chi connectivity index (χ3n) is 2.69. The van der Waals surface area contributed by atoms with E-state index in [0.29, 0.717) is 0 Å². The Kier molecular flexibility index (Phi) is 3.59. The first-order valence-electron chi connectivity index (χ1n) is 5.45. The van der Waals surface area contributed by atoms with Gasteiger partial charge in [0, 0.05) is 32.4 Å². The molecular formula is C12H18N2O. The van der Waals surface area contributed by atoms with Gasteiger partial charge in [-0.25, -0.2) is 0 Å². The highest BCUT2D eigenvalue weighted by molar-refractivity contribution is 5.56. The summed E-state index contributed by atoms with van der Waals surface area (Å²) in [6, 6.07) is 6.64. The van der Waals surface area contributed by atoms with Crippen LogP contribution in [0.1, 0.15) is 11.1 Å². The Bertz CT molecular complexity index is 325. The van der Waals surface area contributed by atoms with Crippen molar-refractivity contribution in [1.29, 1.82) is 0 Å². The van der Waals surface area contributed by atoms with Crippen LogP contribution in [0.5, 0.6) is 0 Å². The molecule has 3 heteroatoms. The van der Waals surface area contributed by atoms with Crippen molar-refractivity contribution >= 4 is 5.69 Å². The molecule has 2 rings (SSSR count). The van der Waals surface area contributed by atoms with Gasteiger partial charge in [-0.2, -0.15) is 0 Å². The maximum absolute atomic E-state index is 4.98. The number of benzene rings is 1. The SMILES string of the molecule is COCCNCc1ccc2c(c1)CCN2. The molecule has 0 saturated heterocycles. The first-order valence-corrected chi connectivity index (χ1v) is 5.45. The molecule has 1 aromatic rings. The number of hydrogen-bond acceptors (Lipinski definition) is 3. The third-order valence-corrected chi connectivity index (χ3v) is 2.69. The lowest BCUT2D eigenvalue weighted by molar-refractivity contribution is 0.199. The molecule has 0 fully saturated rings. The Morgan fingerprint density at radius 1 is 1.47 bits per heavy atom. The van der Waals surface area contributed by atoms with E-state index < -0.39 is 0 Å². The lowest BCUT2D eigenvalue weighted by atomic mass is 10.1. The van der Waals surface area contributed by atoms with E-state index in [4.69, 9.17) is 4.74 Å². The quantitative estimate of drug-likeness (QED) is 0.714. The van der Waals surface area contributed by atoms with Crippen LogP contribution in [0.2, 0.25) is 0 Å². The molecule has 0 unspecified atom stereocenters. The molecule has 0 aromatic heterocycles. The fourth-order valence-electron chi connectivity index (χ4n) is 1.88. The fraction of sp³-hybridized carbons (Fsp3) is 0.500. The molecule has 82 valence electrons. The normalized spacial score (nSPS) is 13.7. The van der Waals surface area contributed by atoms with Crippen LogP contribution in [0, 0.1) is 0 Å². The lowest BCUT2D eigenvalue weighted by Gasteiger charge is -2.06. The van der Waals surface area contributed by atoms with Crippen LogP contribution in [0.3, 0.4) is 0 Å². The van der Waals surface area contributed by atoms with Crippen LogP contribution in [0.25, 0.3) is 0 Å². The highest BCUT2D eigenvalue weighted by Crippen LogP contribution is 2.22. The second-order valence-electron chi connectivity index (χ2n) is 3.84. The van der Waals surface area contributed by atoms with E-state index in [1.807, 2.05) is 0 Å². The van der Waals surface area contributed by atoms with Crippen molar-refractivity contribution in [2.45, 2.75) is 13.0 Å². The zero-order chi connectivity index (χ0) is 10.5. The van der Waals surface area contributed by atoms with Crippen LogP contribution in [-0.4, -0.2) is 26.8 Å². The van der Waals surface area contributed by atoms with Gasteiger partial charge in [-0.3, -0.25) is 0 Å². The number of fused-ring (bicyclic) bond motifs is 1.